The molecule has 1 fully saturated rings. The average molecular weight is 359 g/mol. The lowest BCUT2D eigenvalue weighted by Gasteiger charge is -2.16. The lowest BCUT2D eigenvalue weighted by Crippen LogP contribution is -2.39. The van der Waals surface area contributed by atoms with Gasteiger partial charge in [-0.1, -0.05) is 15.9 Å². The number of carboxylic acids is 1. The van der Waals surface area contributed by atoms with Gasteiger partial charge in [0.2, 0.25) is 0 Å². The van der Waals surface area contributed by atoms with Gasteiger partial charge in [0.1, 0.15) is 5.82 Å². The van der Waals surface area contributed by atoms with E-state index in [1.807, 2.05) is 0 Å². The summed E-state index contributed by atoms with van der Waals surface area (Å²) in [5.74, 6) is -1.67. The second-order valence-electron chi connectivity index (χ2n) is 4.99. The van der Waals surface area contributed by atoms with Gasteiger partial charge in [0.05, 0.1) is 5.92 Å². The maximum absolute atomic E-state index is 13.5. The largest absolute Gasteiger partial charge is 0.481 e. The van der Waals surface area contributed by atoms with E-state index in [0.29, 0.717) is 31.5 Å². The van der Waals surface area contributed by atoms with E-state index >= 15 is 0 Å². The van der Waals surface area contributed by atoms with Crippen LogP contribution in [0.1, 0.15) is 12.0 Å². The van der Waals surface area contributed by atoms with Gasteiger partial charge >= 0.3 is 12.0 Å². The fourth-order valence-electron chi connectivity index (χ4n) is 2.30. The molecule has 2 N–H and O–H groups in total. The minimum absolute atomic E-state index is 0.229. The Bertz CT molecular complexity index is 553. The van der Waals surface area contributed by atoms with E-state index in [1.54, 1.807) is 12.1 Å². The van der Waals surface area contributed by atoms with Crippen molar-refractivity contribution in [2.24, 2.45) is 5.92 Å². The molecular weight excluding hydrogens is 343 g/mol. The summed E-state index contributed by atoms with van der Waals surface area (Å²) < 4.78 is 14.3. The van der Waals surface area contributed by atoms with Crippen LogP contribution in [0.4, 0.5) is 9.18 Å². The summed E-state index contributed by atoms with van der Waals surface area (Å²) in [5.41, 5.74) is 0.523. The monoisotopic (exact) mass is 358 g/mol. The predicted octanol–water partition coefficient (Wildman–Crippen LogP) is 2.25. The third-order valence-corrected chi connectivity index (χ3v) is 4.00. The van der Waals surface area contributed by atoms with Crippen LogP contribution in [0.15, 0.2) is 22.7 Å². The molecule has 0 saturated carbocycles. The van der Waals surface area contributed by atoms with Gasteiger partial charge in [-0.3, -0.25) is 4.79 Å². The van der Waals surface area contributed by atoms with E-state index in [4.69, 9.17) is 5.11 Å². The highest BCUT2D eigenvalue weighted by atomic mass is 79.9. The first-order chi connectivity index (χ1) is 9.97. The van der Waals surface area contributed by atoms with Crippen molar-refractivity contribution < 1.29 is 19.1 Å². The molecule has 1 saturated heterocycles. The Morgan fingerprint density at radius 3 is 2.90 bits per heavy atom. The van der Waals surface area contributed by atoms with Gasteiger partial charge in [0.25, 0.3) is 0 Å². The molecule has 5 nitrogen and oxygen atoms in total. The summed E-state index contributed by atoms with van der Waals surface area (Å²) in [5, 5.41) is 11.6. The number of hydrogen-bond acceptors (Lipinski definition) is 2. The van der Waals surface area contributed by atoms with Crippen LogP contribution in [0.3, 0.4) is 0 Å². The minimum atomic E-state index is -0.874. The summed E-state index contributed by atoms with van der Waals surface area (Å²) in [7, 11) is 0. The van der Waals surface area contributed by atoms with Gasteiger partial charge in [-0.05, 0) is 36.6 Å². The van der Waals surface area contributed by atoms with Crippen LogP contribution in [-0.4, -0.2) is 41.6 Å². The highest BCUT2D eigenvalue weighted by molar-refractivity contribution is 9.10. The van der Waals surface area contributed by atoms with Crippen molar-refractivity contribution in [3.05, 3.63) is 34.1 Å². The quantitative estimate of drug-likeness (QED) is 0.867. The molecule has 1 aliphatic heterocycles. The number of carbonyl (C=O) groups excluding carboxylic acids is 1. The Kier molecular flexibility index (Phi) is 5.17. The van der Waals surface area contributed by atoms with Crippen molar-refractivity contribution in [3.8, 4) is 0 Å². The highest BCUT2D eigenvalue weighted by Crippen LogP contribution is 2.17. The molecule has 1 atom stereocenters. The molecule has 2 rings (SSSR count). The third kappa shape index (κ3) is 4.17. The summed E-state index contributed by atoms with van der Waals surface area (Å²) in [6.45, 7) is 0.973. The molecule has 1 aromatic carbocycles. The fourth-order valence-corrected chi connectivity index (χ4v) is 2.71. The van der Waals surface area contributed by atoms with Gasteiger partial charge in [-0.2, -0.15) is 0 Å². The zero-order valence-electron chi connectivity index (χ0n) is 11.3. The van der Waals surface area contributed by atoms with Gasteiger partial charge in [-0.25, -0.2) is 9.18 Å². The van der Waals surface area contributed by atoms with Crippen molar-refractivity contribution in [2.45, 2.75) is 12.8 Å². The van der Waals surface area contributed by atoms with Crippen LogP contribution in [0, 0.1) is 11.7 Å². The predicted molar refractivity (Wildman–Crippen MR) is 78.5 cm³/mol. The number of urea groups is 1. The van der Waals surface area contributed by atoms with Gasteiger partial charge in [0, 0.05) is 24.1 Å². The van der Waals surface area contributed by atoms with E-state index in [9.17, 15) is 14.0 Å². The second-order valence-corrected chi connectivity index (χ2v) is 5.90. The number of benzene rings is 1. The first-order valence-electron chi connectivity index (χ1n) is 6.67. The summed E-state index contributed by atoms with van der Waals surface area (Å²) in [6, 6.07) is 4.37. The number of amides is 2. The summed E-state index contributed by atoms with van der Waals surface area (Å²) >= 11 is 3.27. The van der Waals surface area contributed by atoms with Crippen molar-refractivity contribution in [1.82, 2.24) is 10.2 Å². The molecule has 0 spiro atoms. The lowest BCUT2D eigenvalue weighted by atomic mass is 10.1. The molecule has 0 aliphatic carbocycles. The number of carbonyl (C=O) groups is 2. The Morgan fingerprint density at radius 2 is 2.24 bits per heavy atom. The fraction of sp³-hybridized carbons (Fsp3) is 0.429. The van der Waals surface area contributed by atoms with Crippen molar-refractivity contribution in [1.29, 1.82) is 0 Å². The molecule has 1 heterocycles. The van der Waals surface area contributed by atoms with Crippen LogP contribution >= 0.6 is 15.9 Å². The molecular formula is C14H16BrFN2O3. The zero-order valence-corrected chi connectivity index (χ0v) is 12.9. The minimum Gasteiger partial charge on any atom is -0.481 e. The molecule has 114 valence electrons. The number of aliphatic carboxylic acids is 1. The average Bonchev–Trinajstić information content (AvgIpc) is 2.92. The number of nitrogens with zero attached hydrogens (tertiary/aromatic N) is 1. The Balaban J connectivity index is 1.80. The van der Waals surface area contributed by atoms with Crippen LogP contribution in [-0.2, 0) is 11.2 Å². The Hall–Kier alpha value is -1.63. The standard InChI is InChI=1S/C14H16BrFN2O3/c15-11-1-2-12(16)9(7-11)3-5-17-14(21)18-6-4-10(8-18)13(19)20/h1-2,7,10H,3-6,8H2,(H,17,21)(H,19,20). The maximum atomic E-state index is 13.5. The lowest BCUT2D eigenvalue weighted by molar-refractivity contribution is -0.141. The SMILES string of the molecule is O=C(O)C1CCN(C(=O)NCCc2cc(Br)ccc2F)C1. The number of nitrogens with one attached hydrogen (secondary N) is 1. The van der Waals surface area contributed by atoms with Gasteiger partial charge in [-0.15, -0.1) is 0 Å². The first-order valence-corrected chi connectivity index (χ1v) is 7.46. The molecule has 1 aliphatic rings. The molecule has 1 aromatic rings. The normalized spacial score (nSPS) is 17.8. The van der Waals surface area contributed by atoms with Crippen LogP contribution in [0.25, 0.3) is 0 Å². The number of carboxylic acid groups (broad SMARTS) is 1. The van der Waals surface area contributed by atoms with Crippen molar-refractivity contribution in [3.63, 3.8) is 0 Å². The van der Waals surface area contributed by atoms with E-state index in [2.05, 4.69) is 21.2 Å². The van der Waals surface area contributed by atoms with E-state index in [0.717, 1.165) is 4.47 Å². The van der Waals surface area contributed by atoms with Gasteiger partial charge < -0.3 is 15.3 Å². The number of rotatable bonds is 4. The Labute approximate surface area is 130 Å². The number of hydrogen-bond donors (Lipinski definition) is 2. The number of halogens is 2. The van der Waals surface area contributed by atoms with E-state index in [1.165, 1.54) is 11.0 Å². The molecule has 7 heteroatoms. The summed E-state index contributed by atoms with van der Waals surface area (Å²) in [4.78, 5) is 24.2. The molecule has 21 heavy (non-hydrogen) atoms. The molecule has 0 aromatic heterocycles. The molecule has 0 bridgehead atoms. The van der Waals surface area contributed by atoms with Gasteiger partial charge in [0.15, 0.2) is 0 Å². The molecule has 2 amide bonds. The third-order valence-electron chi connectivity index (χ3n) is 3.50. The highest BCUT2D eigenvalue weighted by Gasteiger charge is 2.30. The smallest absolute Gasteiger partial charge is 0.317 e. The Morgan fingerprint density at radius 1 is 1.48 bits per heavy atom. The first kappa shape index (κ1) is 15.8. The topological polar surface area (TPSA) is 69.6 Å². The molecule has 0 radical (unpaired) electrons. The van der Waals surface area contributed by atoms with E-state index in [-0.39, 0.29) is 18.4 Å². The summed E-state index contributed by atoms with van der Waals surface area (Å²) in [6.07, 6.45) is 0.857. The zero-order chi connectivity index (χ0) is 15.4. The van der Waals surface area contributed by atoms with Crippen molar-refractivity contribution >= 4 is 27.9 Å². The van der Waals surface area contributed by atoms with Crippen LogP contribution < -0.4 is 5.32 Å². The van der Waals surface area contributed by atoms with Crippen LogP contribution in [0.2, 0.25) is 0 Å². The molecule has 1 unspecified atom stereocenters. The maximum Gasteiger partial charge on any atom is 0.317 e. The van der Waals surface area contributed by atoms with E-state index < -0.39 is 11.9 Å². The second kappa shape index (κ2) is 6.89. The van der Waals surface area contributed by atoms with Crippen molar-refractivity contribution in [2.75, 3.05) is 19.6 Å². The van der Waals surface area contributed by atoms with Crippen LogP contribution in [0.5, 0.6) is 0 Å². The number of likely N-dealkylation sites (tertiary alicyclic amines) is 1.